The van der Waals surface area contributed by atoms with Crippen LogP contribution < -0.4 is 5.32 Å². The first kappa shape index (κ1) is 8.57. The molecule has 11 heavy (non-hydrogen) atoms. The molecule has 1 heterocycles. The molecule has 0 aromatic heterocycles. The SMILES string of the molecule is CC1(C)CNC(=O)CC1(C)C. The van der Waals surface area contributed by atoms with Gasteiger partial charge in [0.1, 0.15) is 0 Å². The molecule has 2 nitrogen and oxygen atoms in total. The van der Waals surface area contributed by atoms with Crippen LogP contribution in [0, 0.1) is 10.8 Å². The van der Waals surface area contributed by atoms with Crippen molar-refractivity contribution in [3.8, 4) is 0 Å². The van der Waals surface area contributed by atoms with E-state index >= 15 is 0 Å². The second-order valence-corrected chi connectivity index (χ2v) is 4.72. The fourth-order valence-corrected chi connectivity index (χ4v) is 1.26. The summed E-state index contributed by atoms with van der Waals surface area (Å²) in [6, 6.07) is 0. The van der Waals surface area contributed by atoms with Gasteiger partial charge in [-0.2, -0.15) is 0 Å². The summed E-state index contributed by atoms with van der Waals surface area (Å²) in [5.41, 5.74) is 0.357. The smallest absolute Gasteiger partial charge is 0.220 e. The molecule has 0 atom stereocenters. The number of rotatable bonds is 0. The largest absolute Gasteiger partial charge is 0.356 e. The lowest BCUT2D eigenvalue weighted by atomic mass is 9.64. The maximum atomic E-state index is 11.1. The van der Waals surface area contributed by atoms with Crippen LogP contribution >= 0.6 is 0 Å². The molecule has 2 heteroatoms. The average molecular weight is 155 g/mol. The minimum absolute atomic E-state index is 0.134. The van der Waals surface area contributed by atoms with Crippen LogP contribution in [0.3, 0.4) is 0 Å². The van der Waals surface area contributed by atoms with Gasteiger partial charge in [-0.05, 0) is 10.8 Å². The molecule has 0 saturated carbocycles. The zero-order valence-corrected chi connectivity index (χ0v) is 7.82. The Bertz CT molecular complexity index is 182. The Hall–Kier alpha value is -0.530. The van der Waals surface area contributed by atoms with E-state index in [1.807, 2.05) is 0 Å². The van der Waals surface area contributed by atoms with Gasteiger partial charge in [0.15, 0.2) is 0 Å². The average Bonchev–Trinajstić information content (AvgIpc) is 1.80. The van der Waals surface area contributed by atoms with Crippen molar-refractivity contribution in [2.45, 2.75) is 34.1 Å². The zero-order chi connectivity index (χ0) is 8.70. The molecule has 0 aromatic rings. The summed E-state index contributed by atoms with van der Waals surface area (Å²) in [6.45, 7) is 9.52. The van der Waals surface area contributed by atoms with Crippen molar-refractivity contribution in [1.82, 2.24) is 5.32 Å². The summed E-state index contributed by atoms with van der Waals surface area (Å²) in [4.78, 5) is 11.1. The van der Waals surface area contributed by atoms with E-state index in [0.717, 1.165) is 6.54 Å². The number of hydrogen-bond acceptors (Lipinski definition) is 1. The van der Waals surface area contributed by atoms with Crippen LogP contribution in [0.1, 0.15) is 34.1 Å². The molecule has 0 radical (unpaired) electrons. The van der Waals surface area contributed by atoms with Gasteiger partial charge in [0.05, 0.1) is 0 Å². The van der Waals surface area contributed by atoms with Crippen molar-refractivity contribution in [3.63, 3.8) is 0 Å². The van der Waals surface area contributed by atoms with Crippen LogP contribution in [0.5, 0.6) is 0 Å². The predicted molar refractivity (Wildman–Crippen MR) is 45.2 cm³/mol. The quantitative estimate of drug-likeness (QED) is 0.565. The van der Waals surface area contributed by atoms with Crippen molar-refractivity contribution < 1.29 is 4.79 Å². The Morgan fingerprint density at radius 3 is 2.09 bits per heavy atom. The van der Waals surface area contributed by atoms with Crippen LogP contribution in [-0.2, 0) is 4.79 Å². The van der Waals surface area contributed by atoms with E-state index < -0.39 is 0 Å². The van der Waals surface area contributed by atoms with Gasteiger partial charge in [0.25, 0.3) is 0 Å². The first-order chi connectivity index (χ1) is 4.85. The summed E-state index contributed by atoms with van der Waals surface area (Å²) in [6.07, 6.45) is 0.653. The van der Waals surface area contributed by atoms with Crippen molar-refractivity contribution in [2.24, 2.45) is 10.8 Å². The third-order valence-electron chi connectivity index (χ3n) is 3.16. The Balaban J connectivity index is 2.80. The molecule has 1 N–H and O–H groups in total. The lowest BCUT2D eigenvalue weighted by molar-refractivity contribution is -0.129. The van der Waals surface area contributed by atoms with E-state index in [0.29, 0.717) is 6.42 Å². The van der Waals surface area contributed by atoms with E-state index in [1.54, 1.807) is 0 Å². The second kappa shape index (κ2) is 2.23. The topological polar surface area (TPSA) is 29.1 Å². The van der Waals surface area contributed by atoms with Gasteiger partial charge in [-0.15, -0.1) is 0 Å². The fourth-order valence-electron chi connectivity index (χ4n) is 1.26. The van der Waals surface area contributed by atoms with Gasteiger partial charge in [-0.3, -0.25) is 4.79 Å². The summed E-state index contributed by atoms with van der Waals surface area (Å²) >= 11 is 0. The van der Waals surface area contributed by atoms with Crippen LogP contribution in [0.4, 0.5) is 0 Å². The molecular formula is C9H17NO. The maximum Gasteiger partial charge on any atom is 0.220 e. The summed E-state index contributed by atoms with van der Waals surface area (Å²) in [7, 11) is 0. The molecule has 0 aromatic carbocycles. The molecule has 1 fully saturated rings. The van der Waals surface area contributed by atoms with E-state index in [4.69, 9.17) is 0 Å². The van der Waals surface area contributed by atoms with E-state index in [2.05, 4.69) is 33.0 Å². The Morgan fingerprint density at radius 2 is 1.73 bits per heavy atom. The van der Waals surface area contributed by atoms with Crippen molar-refractivity contribution in [1.29, 1.82) is 0 Å². The molecule has 1 aliphatic rings. The highest BCUT2D eigenvalue weighted by molar-refractivity contribution is 5.77. The number of carbonyl (C=O) groups excluding carboxylic acids is 1. The zero-order valence-electron chi connectivity index (χ0n) is 7.82. The second-order valence-electron chi connectivity index (χ2n) is 4.72. The first-order valence-electron chi connectivity index (χ1n) is 4.12. The third-order valence-corrected chi connectivity index (χ3v) is 3.16. The van der Waals surface area contributed by atoms with Crippen molar-refractivity contribution in [3.05, 3.63) is 0 Å². The highest BCUT2D eigenvalue weighted by Crippen LogP contribution is 2.42. The Kier molecular flexibility index (Phi) is 1.73. The number of nitrogens with one attached hydrogen (secondary N) is 1. The minimum Gasteiger partial charge on any atom is -0.356 e. The molecule has 1 aliphatic heterocycles. The van der Waals surface area contributed by atoms with Crippen molar-refractivity contribution >= 4 is 5.91 Å². The van der Waals surface area contributed by atoms with Gasteiger partial charge in [0, 0.05) is 13.0 Å². The highest BCUT2D eigenvalue weighted by atomic mass is 16.1. The molecule has 0 unspecified atom stereocenters. The number of hydrogen-bond donors (Lipinski definition) is 1. The molecule has 1 rings (SSSR count). The van der Waals surface area contributed by atoms with Gasteiger partial charge in [-0.1, -0.05) is 27.7 Å². The monoisotopic (exact) mass is 155 g/mol. The minimum atomic E-state index is 0.134. The van der Waals surface area contributed by atoms with Crippen LogP contribution in [0.2, 0.25) is 0 Å². The fraction of sp³-hybridized carbons (Fsp3) is 0.889. The molecular weight excluding hydrogens is 138 g/mol. The van der Waals surface area contributed by atoms with Gasteiger partial charge < -0.3 is 5.32 Å². The maximum absolute atomic E-state index is 11.1. The van der Waals surface area contributed by atoms with Gasteiger partial charge >= 0.3 is 0 Å². The Labute approximate surface area is 68.4 Å². The summed E-state index contributed by atoms with van der Waals surface area (Å²) in [5.74, 6) is 0.189. The molecule has 0 bridgehead atoms. The van der Waals surface area contributed by atoms with Gasteiger partial charge in [0.2, 0.25) is 5.91 Å². The third kappa shape index (κ3) is 1.39. The lowest BCUT2D eigenvalue weighted by Crippen LogP contribution is -2.50. The predicted octanol–water partition coefficient (Wildman–Crippen LogP) is 1.56. The number of carbonyl (C=O) groups is 1. The van der Waals surface area contributed by atoms with Gasteiger partial charge in [-0.25, -0.2) is 0 Å². The van der Waals surface area contributed by atoms with E-state index in [9.17, 15) is 4.79 Å². The van der Waals surface area contributed by atoms with Crippen LogP contribution in [0.15, 0.2) is 0 Å². The molecule has 64 valence electrons. The van der Waals surface area contributed by atoms with E-state index in [1.165, 1.54) is 0 Å². The molecule has 0 spiro atoms. The highest BCUT2D eigenvalue weighted by Gasteiger charge is 2.41. The summed E-state index contributed by atoms with van der Waals surface area (Å²) < 4.78 is 0. The first-order valence-corrected chi connectivity index (χ1v) is 4.12. The standard InChI is InChI=1S/C9H17NO/c1-8(2)5-7(11)10-6-9(8,3)4/h5-6H2,1-4H3,(H,10,11). The van der Waals surface area contributed by atoms with Crippen LogP contribution in [0.25, 0.3) is 0 Å². The molecule has 0 aliphatic carbocycles. The molecule has 1 amide bonds. The van der Waals surface area contributed by atoms with Crippen molar-refractivity contribution in [2.75, 3.05) is 6.54 Å². The molecule has 1 saturated heterocycles. The van der Waals surface area contributed by atoms with E-state index in [-0.39, 0.29) is 16.7 Å². The number of piperidine rings is 1. The number of amides is 1. The summed E-state index contributed by atoms with van der Waals surface area (Å²) in [5, 5.41) is 2.89. The Morgan fingerprint density at radius 1 is 1.18 bits per heavy atom. The lowest BCUT2D eigenvalue weighted by Gasteiger charge is -2.45. The van der Waals surface area contributed by atoms with Crippen LogP contribution in [-0.4, -0.2) is 12.5 Å². The normalized spacial score (nSPS) is 27.8.